The van der Waals surface area contributed by atoms with E-state index in [2.05, 4.69) is 10.3 Å². The summed E-state index contributed by atoms with van der Waals surface area (Å²) >= 11 is 0. The number of hydrogen-bond donors (Lipinski definition) is 2. The maximum atomic E-state index is 12.6. The Morgan fingerprint density at radius 3 is 2.87 bits per heavy atom. The second kappa shape index (κ2) is 5.18. The monoisotopic (exact) mass is 219 g/mol. The molecular weight excluding hydrogens is 204 g/mol. The molecule has 0 aliphatic rings. The Kier molecular flexibility index (Phi) is 4.16. The summed E-state index contributed by atoms with van der Waals surface area (Å²) in [5.74, 6) is -2.20. The molecule has 2 N–H and O–H groups in total. The van der Waals surface area contributed by atoms with E-state index < -0.39 is 19.1 Å². The number of hydrogen-bond acceptors (Lipinski definition) is 3. The Morgan fingerprint density at radius 1 is 1.60 bits per heavy atom. The van der Waals surface area contributed by atoms with Gasteiger partial charge in [-0.3, -0.25) is 0 Å². The first-order valence-electron chi connectivity index (χ1n) is 4.71. The summed E-state index contributed by atoms with van der Waals surface area (Å²) in [6, 6.07) is 0. The Bertz CT molecular complexity index is 301. The van der Waals surface area contributed by atoms with Crippen LogP contribution in [0.15, 0.2) is 12.4 Å². The minimum absolute atomic E-state index is 0.417. The lowest BCUT2D eigenvalue weighted by molar-refractivity contribution is -0.0473. The molecule has 0 aliphatic heterocycles. The number of nitrogens with zero attached hydrogens (tertiary/aromatic N) is 2. The molecule has 0 bridgehead atoms. The van der Waals surface area contributed by atoms with Crippen LogP contribution in [-0.2, 0) is 13.5 Å². The van der Waals surface area contributed by atoms with E-state index in [1.807, 2.05) is 11.6 Å². The van der Waals surface area contributed by atoms with E-state index >= 15 is 0 Å². The van der Waals surface area contributed by atoms with E-state index in [9.17, 15) is 8.78 Å². The van der Waals surface area contributed by atoms with Crippen LogP contribution in [0, 0.1) is 0 Å². The van der Waals surface area contributed by atoms with Gasteiger partial charge in [0.1, 0.15) is 12.4 Å². The molecule has 15 heavy (non-hydrogen) atoms. The highest BCUT2D eigenvalue weighted by atomic mass is 19.3. The summed E-state index contributed by atoms with van der Waals surface area (Å²) in [4.78, 5) is 4.06. The zero-order valence-corrected chi connectivity index (χ0v) is 8.58. The van der Waals surface area contributed by atoms with Crippen LogP contribution in [-0.4, -0.2) is 40.3 Å². The molecule has 0 fully saturated rings. The van der Waals surface area contributed by atoms with Gasteiger partial charge in [-0.1, -0.05) is 0 Å². The summed E-state index contributed by atoms with van der Waals surface area (Å²) in [6.07, 6.45) is 4.06. The van der Waals surface area contributed by atoms with Gasteiger partial charge in [0.05, 0.1) is 6.54 Å². The number of aromatic nitrogens is 2. The van der Waals surface area contributed by atoms with Gasteiger partial charge in [0.2, 0.25) is 0 Å². The van der Waals surface area contributed by atoms with Gasteiger partial charge in [-0.15, -0.1) is 0 Å². The van der Waals surface area contributed by atoms with Crippen molar-refractivity contribution in [3.05, 3.63) is 18.2 Å². The third kappa shape index (κ3) is 3.93. The molecule has 1 heterocycles. The molecule has 0 unspecified atom stereocenters. The first-order chi connectivity index (χ1) is 7.05. The van der Waals surface area contributed by atoms with E-state index in [0.717, 1.165) is 5.82 Å². The van der Waals surface area contributed by atoms with E-state index in [1.165, 1.54) is 0 Å². The summed E-state index contributed by atoms with van der Waals surface area (Å²) in [7, 11) is 1.85. The third-order valence-corrected chi connectivity index (χ3v) is 2.06. The maximum absolute atomic E-state index is 12.6. The highest BCUT2D eigenvalue weighted by Crippen LogP contribution is 2.09. The molecule has 6 heteroatoms. The topological polar surface area (TPSA) is 50.1 Å². The van der Waals surface area contributed by atoms with Crippen LogP contribution in [0.3, 0.4) is 0 Å². The SMILES string of the molecule is Cn1ccnc1CCNCC(F)(F)CO. The van der Waals surface area contributed by atoms with Crippen molar-refractivity contribution in [1.29, 1.82) is 0 Å². The van der Waals surface area contributed by atoms with Gasteiger partial charge < -0.3 is 15.0 Å². The first-order valence-corrected chi connectivity index (χ1v) is 4.71. The van der Waals surface area contributed by atoms with Crippen LogP contribution in [0.1, 0.15) is 5.82 Å². The van der Waals surface area contributed by atoms with E-state index in [1.54, 1.807) is 12.4 Å². The second-order valence-corrected chi connectivity index (χ2v) is 3.40. The molecule has 0 aliphatic carbocycles. The molecular formula is C9H15F2N3O. The number of imidazole rings is 1. The van der Waals surface area contributed by atoms with E-state index in [-0.39, 0.29) is 0 Å². The van der Waals surface area contributed by atoms with Crippen LogP contribution in [0.5, 0.6) is 0 Å². The van der Waals surface area contributed by atoms with Crippen LogP contribution in [0.2, 0.25) is 0 Å². The number of rotatable bonds is 6. The average molecular weight is 219 g/mol. The van der Waals surface area contributed by atoms with Gasteiger partial charge in [-0.2, -0.15) is 0 Å². The molecule has 0 aromatic carbocycles. The smallest absolute Gasteiger partial charge is 0.282 e. The quantitative estimate of drug-likeness (QED) is 0.671. The van der Waals surface area contributed by atoms with Gasteiger partial charge in [-0.05, 0) is 0 Å². The number of alkyl halides is 2. The Labute approximate surface area is 86.9 Å². The van der Waals surface area contributed by atoms with Crippen LogP contribution in [0.25, 0.3) is 0 Å². The number of aryl methyl sites for hydroxylation is 1. The highest BCUT2D eigenvalue weighted by Gasteiger charge is 2.26. The molecule has 1 rings (SSSR count). The fourth-order valence-electron chi connectivity index (χ4n) is 1.16. The molecule has 0 saturated heterocycles. The lowest BCUT2D eigenvalue weighted by Gasteiger charge is -2.13. The summed E-state index contributed by atoms with van der Waals surface area (Å²) in [5.41, 5.74) is 0. The minimum atomic E-state index is -3.04. The number of aliphatic hydroxyl groups excluding tert-OH is 1. The Morgan fingerprint density at radius 2 is 2.33 bits per heavy atom. The van der Waals surface area contributed by atoms with Crippen LogP contribution in [0.4, 0.5) is 8.78 Å². The molecule has 86 valence electrons. The molecule has 0 atom stereocenters. The highest BCUT2D eigenvalue weighted by molar-refractivity contribution is 4.91. The third-order valence-electron chi connectivity index (χ3n) is 2.06. The second-order valence-electron chi connectivity index (χ2n) is 3.40. The van der Waals surface area contributed by atoms with Crippen LogP contribution >= 0.6 is 0 Å². The van der Waals surface area contributed by atoms with Crippen molar-refractivity contribution in [1.82, 2.24) is 14.9 Å². The standard InChI is InChI=1S/C9H15F2N3O/c1-14-5-4-13-8(14)2-3-12-6-9(10,11)7-15/h4-5,12,15H,2-3,6-7H2,1H3. The van der Waals surface area contributed by atoms with Crippen molar-refractivity contribution in [2.45, 2.75) is 12.3 Å². The van der Waals surface area contributed by atoms with Gasteiger partial charge >= 0.3 is 0 Å². The molecule has 1 aromatic rings. The molecule has 1 aromatic heterocycles. The fraction of sp³-hybridized carbons (Fsp3) is 0.667. The average Bonchev–Trinajstić information content (AvgIpc) is 2.59. The predicted octanol–water partition coefficient (Wildman–Crippen LogP) is 0.180. The van der Waals surface area contributed by atoms with Crippen molar-refractivity contribution < 1.29 is 13.9 Å². The zero-order chi connectivity index (χ0) is 11.3. The number of halogens is 2. The number of nitrogens with one attached hydrogen (secondary N) is 1. The maximum Gasteiger partial charge on any atom is 0.282 e. The van der Waals surface area contributed by atoms with E-state index in [4.69, 9.17) is 5.11 Å². The molecule has 0 spiro atoms. The van der Waals surface area contributed by atoms with Gasteiger partial charge in [0.25, 0.3) is 5.92 Å². The Balaban J connectivity index is 2.20. The van der Waals surface area contributed by atoms with Crippen molar-refractivity contribution >= 4 is 0 Å². The molecule has 4 nitrogen and oxygen atoms in total. The van der Waals surface area contributed by atoms with Crippen molar-refractivity contribution in [2.75, 3.05) is 19.7 Å². The minimum Gasteiger partial charge on any atom is -0.390 e. The van der Waals surface area contributed by atoms with Crippen molar-refractivity contribution in [3.8, 4) is 0 Å². The molecule has 0 radical (unpaired) electrons. The van der Waals surface area contributed by atoms with Gasteiger partial charge in [0, 0.05) is 32.4 Å². The van der Waals surface area contributed by atoms with Gasteiger partial charge in [-0.25, -0.2) is 13.8 Å². The summed E-state index contributed by atoms with van der Waals surface area (Å²) < 4.78 is 27.0. The summed E-state index contributed by atoms with van der Waals surface area (Å²) in [5, 5.41) is 10.9. The lowest BCUT2D eigenvalue weighted by Crippen LogP contribution is -2.36. The van der Waals surface area contributed by atoms with Crippen LogP contribution < -0.4 is 5.32 Å². The molecule has 0 amide bonds. The normalized spacial score (nSPS) is 12.0. The van der Waals surface area contributed by atoms with Crippen molar-refractivity contribution in [3.63, 3.8) is 0 Å². The lowest BCUT2D eigenvalue weighted by atomic mass is 10.3. The predicted molar refractivity (Wildman–Crippen MR) is 51.8 cm³/mol. The fourth-order valence-corrected chi connectivity index (χ4v) is 1.16. The largest absolute Gasteiger partial charge is 0.390 e. The van der Waals surface area contributed by atoms with E-state index in [0.29, 0.717) is 13.0 Å². The zero-order valence-electron chi connectivity index (χ0n) is 8.58. The number of aliphatic hydroxyl groups is 1. The Hall–Kier alpha value is -1.01. The van der Waals surface area contributed by atoms with Gasteiger partial charge in [0.15, 0.2) is 0 Å². The molecule has 0 saturated carbocycles. The van der Waals surface area contributed by atoms with Crippen molar-refractivity contribution in [2.24, 2.45) is 7.05 Å². The summed E-state index contributed by atoms with van der Waals surface area (Å²) in [6.45, 7) is -1.21. The first kappa shape index (κ1) is 12.1.